The number of benzene rings is 2. The number of hydrogen-bond acceptors (Lipinski definition) is 3. The third-order valence-electron chi connectivity index (χ3n) is 3.49. The molecule has 0 spiro atoms. The fraction of sp³-hybridized carbons (Fsp3) is 0.316. The van der Waals surface area contributed by atoms with E-state index in [0.717, 1.165) is 5.56 Å². The van der Waals surface area contributed by atoms with E-state index in [-0.39, 0.29) is 16.8 Å². The van der Waals surface area contributed by atoms with E-state index in [4.69, 9.17) is 0 Å². The lowest BCUT2D eigenvalue weighted by atomic mass is 10.1. The van der Waals surface area contributed by atoms with Crippen molar-refractivity contribution in [3.05, 3.63) is 65.7 Å². The van der Waals surface area contributed by atoms with E-state index in [1.807, 2.05) is 37.3 Å². The lowest BCUT2D eigenvalue weighted by Crippen LogP contribution is -2.40. The first-order valence-electron chi connectivity index (χ1n) is 8.08. The minimum absolute atomic E-state index is 0.0717. The van der Waals surface area contributed by atoms with Gasteiger partial charge in [-0.05, 0) is 51.5 Å². The lowest BCUT2D eigenvalue weighted by molar-refractivity contribution is 0.0939. The Morgan fingerprint density at radius 3 is 2.24 bits per heavy atom. The van der Waals surface area contributed by atoms with Crippen molar-refractivity contribution in [3.8, 4) is 0 Å². The predicted octanol–water partition coefficient (Wildman–Crippen LogP) is 3.25. The lowest BCUT2D eigenvalue weighted by Gasteiger charge is -2.20. The van der Waals surface area contributed by atoms with E-state index in [1.54, 1.807) is 32.9 Å². The van der Waals surface area contributed by atoms with Crippen LogP contribution in [0.5, 0.6) is 0 Å². The smallest absolute Gasteiger partial charge is 0.251 e. The number of rotatable bonds is 5. The molecule has 0 heterocycles. The average molecular weight is 360 g/mol. The highest BCUT2D eigenvalue weighted by Crippen LogP contribution is 2.16. The van der Waals surface area contributed by atoms with Crippen LogP contribution in [0.1, 0.15) is 49.7 Å². The Morgan fingerprint density at radius 1 is 1.00 bits per heavy atom. The molecule has 2 rings (SSSR count). The van der Waals surface area contributed by atoms with Crippen molar-refractivity contribution in [2.75, 3.05) is 0 Å². The molecule has 2 aromatic rings. The highest BCUT2D eigenvalue weighted by atomic mass is 32.2. The second kappa shape index (κ2) is 7.37. The van der Waals surface area contributed by atoms with Gasteiger partial charge in [0, 0.05) is 11.1 Å². The Labute approximate surface area is 149 Å². The largest absolute Gasteiger partial charge is 0.346 e. The Hall–Kier alpha value is -2.18. The molecule has 0 bridgehead atoms. The maximum atomic E-state index is 12.5. The summed E-state index contributed by atoms with van der Waals surface area (Å²) in [5, 5.41) is 2.89. The monoisotopic (exact) mass is 360 g/mol. The van der Waals surface area contributed by atoms with E-state index in [9.17, 15) is 13.2 Å². The molecule has 1 unspecified atom stereocenters. The van der Waals surface area contributed by atoms with Gasteiger partial charge < -0.3 is 5.32 Å². The summed E-state index contributed by atoms with van der Waals surface area (Å²) in [6, 6.07) is 15.4. The molecule has 2 N–H and O–H groups in total. The molecular formula is C19H24N2O3S. The molecule has 134 valence electrons. The van der Waals surface area contributed by atoms with Gasteiger partial charge in [-0.1, -0.05) is 36.4 Å². The second-order valence-corrected chi connectivity index (χ2v) is 8.67. The van der Waals surface area contributed by atoms with Crippen LogP contribution >= 0.6 is 0 Å². The Morgan fingerprint density at radius 2 is 1.64 bits per heavy atom. The fourth-order valence-corrected chi connectivity index (χ4v) is 3.84. The first-order valence-corrected chi connectivity index (χ1v) is 9.57. The SMILES string of the molecule is CC(NC(=O)c1cccc(S(=O)(=O)NC(C)(C)C)c1)c1ccccc1. The van der Waals surface area contributed by atoms with Crippen LogP contribution in [0.15, 0.2) is 59.5 Å². The highest BCUT2D eigenvalue weighted by Gasteiger charge is 2.23. The summed E-state index contributed by atoms with van der Waals surface area (Å²) < 4.78 is 27.4. The zero-order chi connectivity index (χ0) is 18.7. The number of amides is 1. The van der Waals surface area contributed by atoms with Gasteiger partial charge in [0.15, 0.2) is 0 Å². The summed E-state index contributed by atoms with van der Waals surface area (Å²) in [6.45, 7) is 7.18. The molecule has 6 heteroatoms. The number of nitrogens with one attached hydrogen (secondary N) is 2. The molecule has 0 saturated carbocycles. The van der Waals surface area contributed by atoms with Gasteiger partial charge >= 0.3 is 0 Å². The van der Waals surface area contributed by atoms with Gasteiger partial charge in [-0.25, -0.2) is 13.1 Å². The van der Waals surface area contributed by atoms with E-state index in [0.29, 0.717) is 5.56 Å². The third-order valence-corrected chi connectivity index (χ3v) is 5.25. The van der Waals surface area contributed by atoms with Crippen LogP contribution in [0.4, 0.5) is 0 Å². The first kappa shape index (κ1) is 19.1. The summed E-state index contributed by atoms with van der Waals surface area (Å²) in [5.41, 5.74) is 0.687. The molecule has 0 aliphatic rings. The minimum atomic E-state index is -3.68. The second-order valence-electron chi connectivity index (χ2n) is 6.99. The van der Waals surface area contributed by atoms with Crippen molar-refractivity contribution >= 4 is 15.9 Å². The minimum Gasteiger partial charge on any atom is -0.346 e. The normalized spacial score (nSPS) is 13.3. The number of carbonyl (C=O) groups excluding carboxylic acids is 1. The third kappa shape index (κ3) is 5.41. The first-order chi connectivity index (χ1) is 11.6. The number of hydrogen-bond donors (Lipinski definition) is 2. The van der Waals surface area contributed by atoms with Crippen molar-refractivity contribution in [2.45, 2.75) is 44.2 Å². The van der Waals surface area contributed by atoms with E-state index < -0.39 is 15.6 Å². The van der Waals surface area contributed by atoms with Gasteiger partial charge in [0.25, 0.3) is 5.91 Å². The van der Waals surface area contributed by atoms with E-state index >= 15 is 0 Å². The highest BCUT2D eigenvalue weighted by molar-refractivity contribution is 7.89. The average Bonchev–Trinajstić information content (AvgIpc) is 2.53. The van der Waals surface area contributed by atoms with Crippen LogP contribution in [-0.2, 0) is 10.0 Å². The molecule has 25 heavy (non-hydrogen) atoms. The molecule has 2 aromatic carbocycles. The maximum Gasteiger partial charge on any atom is 0.251 e. The van der Waals surface area contributed by atoms with Crippen LogP contribution in [0.25, 0.3) is 0 Å². The summed E-state index contributed by atoms with van der Waals surface area (Å²) in [6.07, 6.45) is 0. The summed E-state index contributed by atoms with van der Waals surface area (Å²) in [5.74, 6) is -0.316. The van der Waals surface area contributed by atoms with Gasteiger partial charge in [0.1, 0.15) is 0 Å². The Balaban J connectivity index is 2.19. The van der Waals surface area contributed by atoms with Crippen LogP contribution in [0, 0.1) is 0 Å². The van der Waals surface area contributed by atoms with Gasteiger partial charge in [-0.15, -0.1) is 0 Å². The quantitative estimate of drug-likeness (QED) is 0.859. The molecule has 0 radical (unpaired) electrons. The van der Waals surface area contributed by atoms with Crippen molar-refractivity contribution in [1.82, 2.24) is 10.0 Å². The van der Waals surface area contributed by atoms with Crippen LogP contribution in [0.2, 0.25) is 0 Å². The predicted molar refractivity (Wildman–Crippen MR) is 98.8 cm³/mol. The molecule has 0 fully saturated rings. The maximum absolute atomic E-state index is 12.5. The van der Waals surface area contributed by atoms with Crippen LogP contribution < -0.4 is 10.0 Å². The van der Waals surface area contributed by atoms with Crippen LogP contribution in [-0.4, -0.2) is 19.9 Å². The Bertz CT molecular complexity index is 840. The van der Waals surface area contributed by atoms with E-state index in [2.05, 4.69) is 10.0 Å². The molecule has 0 aromatic heterocycles. The molecule has 1 atom stereocenters. The number of carbonyl (C=O) groups is 1. The standard InChI is InChI=1S/C19H24N2O3S/c1-14(15-9-6-5-7-10-15)20-18(22)16-11-8-12-17(13-16)25(23,24)21-19(2,3)4/h5-14,21H,1-4H3,(H,20,22). The summed E-state index contributed by atoms with van der Waals surface area (Å²) in [4.78, 5) is 12.5. The van der Waals surface area contributed by atoms with Crippen molar-refractivity contribution in [2.24, 2.45) is 0 Å². The molecule has 5 nitrogen and oxygen atoms in total. The topological polar surface area (TPSA) is 75.3 Å². The van der Waals surface area contributed by atoms with Crippen molar-refractivity contribution in [1.29, 1.82) is 0 Å². The fourth-order valence-electron chi connectivity index (χ4n) is 2.37. The summed E-state index contributed by atoms with van der Waals surface area (Å²) >= 11 is 0. The van der Waals surface area contributed by atoms with Crippen molar-refractivity contribution in [3.63, 3.8) is 0 Å². The van der Waals surface area contributed by atoms with Gasteiger partial charge in [0.2, 0.25) is 10.0 Å². The summed E-state index contributed by atoms with van der Waals surface area (Å²) in [7, 11) is -3.68. The van der Waals surface area contributed by atoms with Gasteiger partial charge in [0.05, 0.1) is 10.9 Å². The Kier molecular flexibility index (Phi) is 5.65. The molecule has 0 aliphatic carbocycles. The van der Waals surface area contributed by atoms with Crippen molar-refractivity contribution < 1.29 is 13.2 Å². The molecule has 1 amide bonds. The van der Waals surface area contributed by atoms with Gasteiger partial charge in [-0.2, -0.15) is 0 Å². The van der Waals surface area contributed by atoms with Crippen LogP contribution in [0.3, 0.4) is 0 Å². The molecule has 0 saturated heterocycles. The van der Waals surface area contributed by atoms with Gasteiger partial charge in [-0.3, -0.25) is 4.79 Å². The zero-order valence-corrected chi connectivity index (χ0v) is 15.7. The molecular weight excluding hydrogens is 336 g/mol. The molecule has 0 aliphatic heterocycles. The zero-order valence-electron chi connectivity index (χ0n) is 14.9. The van der Waals surface area contributed by atoms with E-state index in [1.165, 1.54) is 12.1 Å². The number of sulfonamides is 1.